The molecule has 0 saturated heterocycles. The van der Waals surface area contributed by atoms with Crippen LogP contribution >= 0.6 is 27.3 Å². The number of carbonyl (C=O) groups is 1. The van der Waals surface area contributed by atoms with Crippen LogP contribution in [0.1, 0.15) is 42.6 Å². The fourth-order valence-corrected chi connectivity index (χ4v) is 5.06. The molecule has 132 valence electrons. The fourth-order valence-electron chi connectivity index (χ4n) is 3.62. The molecule has 0 radical (unpaired) electrons. The summed E-state index contributed by atoms with van der Waals surface area (Å²) in [7, 11) is 0. The van der Waals surface area contributed by atoms with Gasteiger partial charge in [-0.15, -0.1) is 0 Å². The van der Waals surface area contributed by atoms with Crippen LogP contribution in [0.15, 0.2) is 22.0 Å². The van der Waals surface area contributed by atoms with Gasteiger partial charge in [-0.05, 0) is 59.2 Å². The summed E-state index contributed by atoms with van der Waals surface area (Å²) in [5.74, 6) is -1.56. The molecule has 2 aromatic rings. The van der Waals surface area contributed by atoms with Crippen molar-refractivity contribution in [2.75, 3.05) is 5.32 Å². The first kappa shape index (κ1) is 16.9. The number of halogens is 3. The molecule has 0 bridgehead atoms. The third kappa shape index (κ3) is 3.17. The van der Waals surface area contributed by atoms with Crippen molar-refractivity contribution in [3.63, 3.8) is 0 Å². The number of nitrogens with one attached hydrogen (secondary N) is 2. The highest BCUT2D eigenvalue weighted by atomic mass is 79.9. The Morgan fingerprint density at radius 3 is 2.52 bits per heavy atom. The maximum atomic E-state index is 13.3. The van der Waals surface area contributed by atoms with Crippen molar-refractivity contribution >= 4 is 44.0 Å². The number of anilines is 2. The van der Waals surface area contributed by atoms with E-state index in [0.717, 1.165) is 12.5 Å². The molecule has 1 atom stereocenters. The summed E-state index contributed by atoms with van der Waals surface area (Å²) in [6.07, 6.45) is 5.82. The molecule has 4 rings (SSSR count). The van der Waals surface area contributed by atoms with Crippen LogP contribution in [0.3, 0.4) is 0 Å². The van der Waals surface area contributed by atoms with E-state index in [1.807, 2.05) is 0 Å². The highest BCUT2D eigenvalue weighted by Crippen LogP contribution is 2.55. The lowest BCUT2D eigenvalue weighted by Crippen LogP contribution is -2.58. The van der Waals surface area contributed by atoms with Crippen LogP contribution in [0.5, 0.6) is 0 Å². The molecule has 2 aliphatic carbocycles. The van der Waals surface area contributed by atoms with Crippen LogP contribution in [0, 0.1) is 17.0 Å². The Morgan fingerprint density at radius 1 is 1.24 bits per heavy atom. The highest BCUT2D eigenvalue weighted by Gasteiger charge is 2.51. The largest absolute Gasteiger partial charge is 0.347 e. The van der Waals surface area contributed by atoms with Crippen LogP contribution in [-0.2, 0) is 0 Å². The van der Waals surface area contributed by atoms with Gasteiger partial charge in [-0.2, -0.15) is 0 Å². The Kier molecular flexibility index (Phi) is 4.27. The lowest BCUT2D eigenvalue weighted by atomic mass is 9.53. The molecule has 1 aromatic carbocycles. The van der Waals surface area contributed by atoms with Gasteiger partial charge in [0.25, 0.3) is 5.91 Å². The van der Waals surface area contributed by atoms with Crippen LogP contribution < -0.4 is 10.6 Å². The van der Waals surface area contributed by atoms with Crippen molar-refractivity contribution in [3.05, 3.63) is 39.3 Å². The Bertz CT molecular complexity index is 812. The van der Waals surface area contributed by atoms with Gasteiger partial charge in [-0.1, -0.05) is 17.8 Å². The smallest absolute Gasteiger partial charge is 0.272 e. The Hall–Kier alpha value is -1.54. The van der Waals surface area contributed by atoms with Gasteiger partial charge in [0, 0.05) is 17.8 Å². The molecule has 2 saturated carbocycles. The quantitative estimate of drug-likeness (QED) is 0.722. The van der Waals surface area contributed by atoms with Gasteiger partial charge in [-0.3, -0.25) is 4.79 Å². The first-order valence-electron chi connectivity index (χ1n) is 8.15. The number of nitrogens with zero attached hydrogens (tertiary/aromatic N) is 1. The molecule has 1 amide bonds. The summed E-state index contributed by atoms with van der Waals surface area (Å²) in [6, 6.07) is 3.38. The maximum absolute atomic E-state index is 13.3. The van der Waals surface area contributed by atoms with Gasteiger partial charge >= 0.3 is 0 Å². The molecule has 1 unspecified atom stereocenters. The molecule has 2 aliphatic rings. The van der Waals surface area contributed by atoms with Crippen molar-refractivity contribution in [1.82, 2.24) is 10.3 Å². The van der Waals surface area contributed by atoms with E-state index in [1.165, 1.54) is 49.2 Å². The lowest BCUT2D eigenvalue weighted by molar-refractivity contribution is -0.0147. The zero-order valence-corrected chi connectivity index (χ0v) is 15.6. The van der Waals surface area contributed by atoms with E-state index < -0.39 is 11.6 Å². The van der Waals surface area contributed by atoms with E-state index in [2.05, 4.69) is 31.5 Å². The molecule has 2 fully saturated rings. The van der Waals surface area contributed by atoms with Gasteiger partial charge in [0.05, 0.1) is 0 Å². The zero-order valence-electron chi connectivity index (χ0n) is 13.2. The van der Waals surface area contributed by atoms with Crippen LogP contribution in [0.2, 0.25) is 0 Å². The van der Waals surface area contributed by atoms with Crippen molar-refractivity contribution < 1.29 is 13.6 Å². The first-order chi connectivity index (χ1) is 11.9. The van der Waals surface area contributed by atoms with Crippen LogP contribution in [0.25, 0.3) is 0 Å². The number of hydrogen-bond donors (Lipinski definition) is 2. The first-order valence-corrected chi connectivity index (χ1v) is 9.76. The molecule has 1 aromatic heterocycles. The van der Waals surface area contributed by atoms with E-state index in [-0.39, 0.29) is 17.6 Å². The summed E-state index contributed by atoms with van der Waals surface area (Å²) in [5.41, 5.74) is 0.863. The minimum absolute atomic E-state index is 0.211. The molecule has 4 nitrogen and oxygen atoms in total. The monoisotopic (exact) mass is 427 g/mol. The number of benzene rings is 1. The molecule has 25 heavy (non-hydrogen) atoms. The molecular formula is C17H16BrF2N3OS. The number of amides is 1. The zero-order chi connectivity index (χ0) is 17.6. The summed E-state index contributed by atoms with van der Waals surface area (Å²) < 4.78 is 27.1. The van der Waals surface area contributed by atoms with E-state index in [1.54, 1.807) is 0 Å². The maximum Gasteiger partial charge on any atom is 0.272 e. The highest BCUT2D eigenvalue weighted by molar-refractivity contribution is 9.11. The Balaban J connectivity index is 1.47. The normalized spacial score (nSPS) is 20.7. The van der Waals surface area contributed by atoms with Crippen LogP contribution in [-0.4, -0.2) is 16.9 Å². The second-order valence-corrected chi connectivity index (χ2v) is 9.02. The van der Waals surface area contributed by atoms with Gasteiger partial charge in [0.15, 0.2) is 10.8 Å². The van der Waals surface area contributed by atoms with Crippen LogP contribution in [0.4, 0.5) is 19.6 Å². The number of aromatic nitrogens is 1. The van der Waals surface area contributed by atoms with Gasteiger partial charge in [0.1, 0.15) is 15.4 Å². The fraction of sp³-hybridized carbons (Fsp3) is 0.412. The Morgan fingerprint density at radius 2 is 1.96 bits per heavy atom. The predicted octanol–water partition coefficient (Wildman–Crippen LogP) is 4.99. The molecular weight excluding hydrogens is 412 g/mol. The van der Waals surface area contributed by atoms with E-state index >= 15 is 0 Å². The molecule has 1 heterocycles. The van der Waals surface area contributed by atoms with E-state index in [9.17, 15) is 13.6 Å². The van der Waals surface area contributed by atoms with E-state index in [4.69, 9.17) is 0 Å². The Labute approximate surface area is 156 Å². The minimum atomic E-state index is -0.674. The van der Waals surface area contributed by atoms with Crippen molar-refractivity contribution in [2.45, 2.75) is 38.1 Å². The van der Waals surface area contributed by atoms with Crippen molar-refractivity contribution in [3.8, 4) is 0 Å². The third-order valence-corrected chi connectivity index (χ3v) is 6.86. The summed E-state index contributed by atoms with van der Waals surface area (Å²) in [6.45, 7) is 0. The molecule has 1 spiro atoms. The topological polar surface area (TPSA) is 54.0 Å². The van der Waals surface area contributed by atoms with Gasteiger partial charge in [-0.25, -0.2) is 13.8 Å². The average Bonchev–Trinajstić information content (AvgIpc) is 2.81. The second-order valence-electron chi connectivity index (χ2n) is 6.71. The molecule has 8 heteroatoms. The SMILES string of the molecule is O=C(NC1CCC12CCC2)c1nc(Nc2cc(F)cc(F)c2)sc1Br. The minimum Gasteiger partial charge on any atom is -0.347 e. The van der Waals surface area contributed by atoms with Crippen molar-refractivity contribution in [1.29, 1.82) is 0 Å². The summed E-state index contributed by atoms with van der Waals surface area (Å²) in [4.78, 5) is 16.8. The van der Waals surface area contributed by atoms with Crippen molar-refractivity contribution in [2.24, 2.45) is 5.41 Å². The number of carbonyl (C=O) groups excluding carboxylic acids is 1. The number of thiazole rings is 1. The summed E-state index contributed by atoms with van der Waals surface area (Å²) >= 11 is 4.57. The standard InChI is InChI=1S/C17H16BrF2N3OS/c18-14-13(15(24)22-12-2-5-17(12)3-1-4-17)23-16(25-14)21-11-7-9(19)6-10(20)8-11/h6-8,12H,1-5H2,(H,21,23)(H,22,24). The molecule has 2 N–H and O–H groups in total. The second kappa shape index (κ2) is 6.32. The lowest BCUT2D eigenvalue weighted by Gasteiger charge is -2.56. The van der Waals surface area contributed by atoms with E-state index in [0.29, 0.717) is 20.0 Å². The summed E-state index contributed by atoms with van der Waals surface area (Å²) in [5, 5.41) is 6.33. The average molecular weight is 428 g/mol. The number of rotatable bonds is 4. The number of hydrogen-bond acceptors (Lipinski definition) is 4. The predicted molar refractivity (Wildman–Crippen MR) is 96.2 cm³/mol. The van der Waals surface area contributed by atoms with Gasteiger partial charge in [0.2, 0.25) is 0 Å². The van der Waals surface area contributed by atoms with Gasteiger partial charge < -0.3 is 10.6 Å². The third-order valence-electron chi connectivity index (χ3n) is 5.24. The molecule has 0 aliphatic heterocycles.